The van der Waals surface area contributed by atoms with E-state index in [-0.39, 0.29) is 6.61 Å². The van der Waals surface area contributed by atoms with E-state index >= 15 is 0 Å². The lowest BCUT2D eigenvalue weighted by Crippen LogP contribution is -1.76. The summed E-state index contributed by atoms with van der Waals surface area (Å²) in [6.45, 7) is 2.12. The molecule has 0 saturated heterocycles. The molecule has 0 aromatic carbocycles. The molecule has 0 atom stereocenters. The van der Waals surface area contributed by atoms with Crippen molar-refractivity contribution in [1.29, 1.82) is 0 Å². The van der Waals surface area contributed by atoms with Crippen molar-refractivity contribution >= 4 is 11.3 Å². The first-order chi connectivity index (χ1) is 5.33. The molecule has 1 heterocycles. The van der Waals surface area contributed by atoms with Gasteiger partial charge >= 0.3 is 0 Å². The van der Waals surface area contributed by atoms with Gasteiger partial charge in [0.25, 0.3) is 0 Å². The smallest absolute Gasteiger partial charge is 0.167 e. The molecule has 1 aromatic heterocycles. The first-order valence-electron chi connectivity index (χ1n) is 3.35. The molecule has 3 heteroatoms. The van der Waals surface area contributed by atoms with E-state index in [1.165, 1.54) is 4.88 Å². The number of thiazole rings is 1. The van der Waals surface area contributed by atoms with Gasteiger partial charge in [-0.15, -0.1) is 11.3 Å². The Kier molecular flexibility index (Phi) is 3.09. The van der Waals surface area contributed by atoms with Gasteiger partial charge in [-0.2, -0.15) is 0 Å². The van der Waals surface area contributed by atoms with Gasteiger partial charge in [0, 0.05) is 17.5 Å². The van der Waals surface area contributed by atoms with Crippen molar-refractivity contribution in [3.8, 4) is 11.8 Å². The van der Waals surface area contributed by atoms with Crippen molar-refractivity contribution in [3.63, 3.8) is 0 Å². The third-order valence-electron chi connectivity index (χ3n) is 1.05. The fourth-order valence-electron chi connectivity index (χ4n) is 0.607. The van der Waals surface area contributed by atoms with E-state index in [1.54, 1.807) is 17.5 Å². The van der Waals surface area contributed by atoms with Gasteiger partial charge in [0.05, 0.1) is 6.61 Å². The van der Waals surface area contributed by atoms with Gasteiger partial charge in [0.15, 0.2) is 5.01 Å². The van der Waals surface area contributed by atoms with Crippen LogP contribution in [0.3, 0.4) is 0 Å². The Morgan fingerprint density at radius 1 is 1.73 bits per heavy atom. The molecule has 1 N–H and O–H groups in total. The van der Waals surface area contributed by atoms with E-state index in [0.29, 0.717) is 6.42 Å². The van der Waals surface area contributed by atoms with E-state index in [9.17, 15) is 0 Å². The van der Waals surface area contributed by atoms with Crippen LogP contribution in [-0.2, 0) is 0 Å². The van der Waals surface area contributed by atoms with Gasteiger partial charge in [-0.1, -0.05) is 5.92 Å². The number of hydrogen-bond donors (Lipinski definition) is 1. The average molecular weight is 167 g/mol. The average Bonchev–Trinajstić information content (AvgIpc) is 2.37. The summed E-state index contributed by atoms with van der Waals surface area (Å²) in [5.74, 6) is 5.68. The Morgan fingerprint density at radius 3 is 3.09 bits per heavy atom. The second-order valence-corrected chi connectivity index (χ2v) is 3.29. The molecule has 0 fully saturated rings. The highest BCUT2D eigenvalue weighted by Gasteiger charge is 1.90. The lowest BCUT2D eigenvalue weighted by Gasteiger charge is -1.77. The number of aromatic nitrogens is 1. The van der Waals surface area contributed by atoms with Crippen LogP contribution in [0, 0.1) is 18.8 Å². The molecular weight excluding hydrogens is 158 g/mol. The summed E-state index contributed by atoms with van der Waals surface area (Å²) in [5.41, 5.74) is 0. The molecule has 1 aromatic rings. The second kappa shape index (κ2) is 4.12. The largest absolute Gasteiger partial charge is 0.395 e. The van der Waals surface area contributed by atoms with Crippen molar-refractivity contribution < 1.29 is 5.11 Å². The van der Waals surface area contributed by atoms with Crippen molar-refractivity contribution in [2.45, 2.75) is 13.3 Å². The third kappa shape index (κ3) is 2.71. The maximum atomic E-state index is 8.43. The van der Waals surface area contributed by atoms with Gasteiger partial charge < -0.3 is 5.11 Å². The van der Waals surface area contributed by atoms with E-state index < -0.39 is 0 Å². The molecule has 0 amide bonds. The van der Waals surface area contributed by atoms with Crippen LogP contribution < -0.4 is 0 Å². The Bertz CT molecular complexity index is 282. The molecule has 0 aliphatic heterocycles. The zero-order valence-corrected chi connectivity index (χ0v) is 7.11. The maximum absolute atomic E-state index is 8.43. The molecule has 0 aliphatic carbocycles. The second-order valence-electron chi connectivity index (χ2n) is 2.05. The van der Waals surface area contributed by atoms with Gasteiger partial charge in [0.1, 0.15) is 0 Å². The minimum absolute atomic E-state index is 0.122. The van der Waals surface area contributed by atoms with Crippen LogP contribution in [0.4, 0.5) is 0 Å². The zero-order valence-electron chi connectivity index (χ0n) is 6.29. The standard InChI is InChI=1S/C8H9NOS/c1-7-6-9-8(11-7)4-2-3-5-10/h6,10H,3,5H2,1H3. The van der Waals surface area contributed by atoms with E-state index in [4.69, 9.17) is 5.11 Å². The van der Waals surface area contributed by atoms with Crippen LogP contribution in [-0.4, -0.2) is 16.7 Å². The molecule has 1 rings (SSSR count). The SMILES string of the molecule is Cc1cnc(C#CCCO)s1. The summed E-state index contributed by atoms with van der Waals surface area (Å²) in [7, 11) is 0. The fourth-order valence-corrected chi connectivity index (χ4v) is 1.25. The number of aliphatic hydroxyl groups excluding tert-OH is 1. The van der Waals surface area contributed by atoms with Crippen LogP contribution in [0.1, 0.15) is 16.3 Å². The summed E-state index contributed by atoms with van der Waals surface area (Å²) >= 11 is 1.57. The third-order valence-corrected chi connectivity index (χ3v) is 1.88. The Hall–Kier alpha value is -0.850. The minimum atomic E-state index is 0.122. The van der Waals surface area contributed by atoms with Gasteiger partial charge in [-0.3, -0.25) is 0 Å². The summed E-state index contributed by atoms with van der Waals surface area (Å²) in [6.07, 6.45) is 2.33. The summed E-state index contributed by atoms with van der Waals surface area (Å²) in [4.78, 5) is 5.22. The van der Waals surface area contributed by atoms with Crippen LogP contribution in [0.15, 0.2) is 6.20 Å². The molecule has 2 nitrogen and oxygen atoms in total. The van der Waals surface area contributed by atoms with Gasteiger partial charge in [-0.05, 0) is 12.8 Å². The fraction of sp³-hybridized carbons (Fsp3) is 0.375. The molecule has 0 saturated carbocycles. The number of aryl methyl sites for hydroxylation is 1. The first-order valence-corrected chi connectivity index (χ1v) is 4.17. The first kappa shape index (κ1) is 8.25. The van der Waals surface area contributed by atoms with Crippen molar-refractivity contribution in [3.05, 3.63) is 16.1 Å². The van der Waals surface area contributed by atoms with Crippen LogP contribution >= 0.6 is 11.3 Å². The molecule has 0 unspecified atom stereocenters. The number of aliphatic hydroxyl groups is 1. The maximum Gasteiger partial charge on any atom is 0.167 e. The predicted molar refractivity (Wildman–Crippen MR) is 45.4 cm³/mol. The molecule has 0 bridgehead atoms. The Labute approximate surface area is 69.9 Å². The van der Waals surface area contributed by atoms with E-state index in [0.717, 1.165) is 5.01 Å². The number of nitrogens with zero attached hydrogens (tertiary/aromatic N) is 1. The number of hydrogen-bond acceptors (Lipinski definition) is 3. The Morgan fingerprint density at radius 2 is 2.55 bits per heavy atom. The van der Waals surface area contributed by atoms with E-state index in [1.807, 2.05) is 6.92 Å². The summed E-state index contributed by atoms with van der Waals surface area (Å²) in [5, 5.41) is 9.26. The number of rotatable bonds is 1. The zero-order chi connectivity index (χ0) is 8.10. The molecular formula is C8H9NOS. The quantitative estimate of drug-likeness (QED) is 0.637. The summed E-state index contributed by atoms with van der Waals surface area (Å²) < 4.78 is 0. The van der Waals surface area contributed by atoms with Gasteiger partial charge in [-0.25, -0.2) is 4.98 Å². The van der Waals surface area contributed by atoms with Crippen molar-refractivity contribution in [2.24, 2.45) is 0 Å². The van der Waals surface area contributed by atoms with Crippen LogP contribution in [0.5, 0.6) is 0 Å². The molecule has 0 spiro atoms. The lowest BCUT2D eigenvalue weighted by atomic mass is 10.4. The normalized spacial score (nSPS) is 8.91. The van der Waals surface area contributed by atoms with E-state index in [2.05, 4.69) is 16.8 Å². The van der Waals surface area contributed by atoms with Crippen molar-refractivity contribution in [1.82, 2.24) is 4.98 Å². The molecule has 0 radical (unpaired) electrons. The highest BCUT2D eigenvalue weighted by atomic mass is 32.1. The molecule has 11 heavy (non-hydrogen) atoms. The lowest BCUT2D eigenvalue weighted by molar-refractivity contribution is 0.305. The Balaban J connectivity index is 2.59. The van der Waals surface area contributed by atoms with Crippen molar-refractivity contribution in [2.75, 3.05) is 6.61 Å². The topological polar surface area (TPSA) is 33.1 Å². The molecule has 58 valence electrons. The van der Waals surface area contributed by atoms with Crippen LogP contribution in [0.2, 0.25) is 0 Å². The van der Waals surface area contributed by atoms with Gasteiger partial charge in [0.2, 0.25) is 0 Å². The monoisotopic (exact) mass is 167 g/mol. The van der Waals surface area contributed by atoms with Crippen LogP contribution in [0.25, 0.3) is 0 Å². The predicted octanol–water partition coefficient (Wildman–Crippen LogP) is 1.19. The molecule has 0 aliphatic rings. The highest BCUT2D eigenvalue weighted by molar-refractivity contribution is 7.12. The highest BCUT2D eigenvalue weighted by Crippen LogP contribution is 2.08. The minimum Gasteiger partial charge on any atom is -0.395 e. The summed E-state index contributed by atoms with van der Waals surface area (Å²) in [6, 6.07) is 0.